The highest BCUT2D eigenvalue weighted by molar-refractivity contribution is 7.98. The molecule has 0 aliphatic rings. The summed E-state index contributed by atoms with van der Waals surface area (Å²) in [5, 5.41) is 0. The van der Waals surface area contributed by atoms with E-state index in [0.717, 1.165) is 17.3 Å². The number of thioether (sulfide) groups is 1. The zero-order chi connectivity index (χ0) is 12.8. The van der Waals surface area contributed by atoms with E-state index in [0.29, 0.717) is 17.2 Å². The number of aryl methyl sites for hydroxylation is 1. The van der Waals surface area contributed by atoms with Crippen molar-refractivity contribution >= 4 is 17.7 Å². The average molecular weight is 256 g/mol. The predicted octanol–water partition coefficient (Wildman–Crippen LogP) is 2.47. The number of nitrogens with one attached hydrogen (secondary N) is 1. The van der Waals surface area contributed by atoms with Gasteiger partial charge in [-0.2, -0.15) is 11.8 Å². The molecule has 4 nitrogen and oxygen atoms in total. The molecule has 0 spiro atoms. The molecular formula is C12H20N2O2S. The van der Waals surface area contributed by atoms with E-state index in [1.54, 1.807) is 13.0 Å². The van der Waals surface area contributed by atoms with Gasteiger partial charge in [0.1, 0.15) is 11.5 Å². The number of nitrogen functional groups attached to an aromatic ring is 1. The lowest BCUT2D eigenvalue weighted by Crippen LogP contribution is -2.30. The molecule has 0 saturated carbocycles. The van der Waals surface area contributed by atoms with Crippen molar-refractivity contribution in [1.29, 1.82) is 0 Å². The lowest BCUT2D eigenvalue weighted by molar-refractivity contribution is 0.0952. The van der Waals surface area contributed by atoms with Gasteiger partial charge in [-0.15, -0.1) is 0 Å². The second-order valence-electron chi connectivity index (χ2n) is 4.18. The Morgan fingerprint density at radius 2 is 2.35 bits per heavy atom. The first-order valence-corrected chi connectivity index (χ1v) is 6.91. The SMILES string of the molecule is CCC(C)CSCc1cc(C(=O)NN)c(C)o1. The van der Waals surface area contributed by atoms with E-state index in [9.17, 15) is 4.79 Å². The van der Waals surface area contributed by atoms with E-state index in [-0.39, 0.29) is 5.91 Å². The van der Waals surface area contributed by atoms with E-state index in [2.05, 4.69) is 19.3 Å². The summed E-state index contributed by atoms with van der Waals surface area (Å²) in [5.41, 5.74) is 2.63. The Morgan fingerprint density at radius 1 is 1.65 bits per heavy atom. The molecule has 1 unspecified atom stereocenters. The number of rotatable bonds is 6. The zero-order valence-corrected chi connectivity index (χ0v) is 11.4. The summed E-state index contributed by atoms with van der Waals surface area (Å²) in [6.45, 7) is 6.19. The molecule has 5 heteroatoms. The maximum absolute atomic E-state index is 11.4. The Labute approximate surface area is 106 Å². The molecule has 1 aromatic rings. The van der Waals surface area contributed by atoms with E-state index in [4.69, 9.17) is 10.3 Å². The maximum atomic E-state index is 11.4. The van der Waals surface area contributed by atoms with Crippen LogP contribution >= 0.6 is 11.8 Å². The summed E-state index contributed by atoms with van der Waals surface area (Å²) in [6, 6.07) is 1.77. The van der Waals surface area contributed by atoms with Crippen LogP contribution in [0, 0.1) is 12.8 Å². The van der Waals surface area contributed by atoms with Crippen LogP contribution in [0.3, 0.4) is 0 Å². The van der Waals surface area contributed by atoms with E-state index >= 15 is 0 Å². The van der Waals surface area contributed by atoms with Gasteiger partial charge in [0.15, 0.2) is 0 Å². The zero-order valence-electron chi connectivity index (χ0n) is 10.6. The molecule has 0 aliphatic carbocycles. The van der Waals surface area contributed by atoms with Crippen molar-refractivity contribution in [2.75, 3.05) is 5.75 Å². The van der Waals surface area contributed by atoms with Gasteiger partial charge >= 0.3 is 0 Å². The fourth-order valence-corrected chi connectivity index (χ4v) is 2.50. The van der Waals surface area contributed by atoms with Gasteiger partial charge in [-0.3, -0.25) is 10.2 Å². The number of amides is 1. The first-order chi connectivity index (χ1) is 8.08. The Hall–Kier alpha value is -0.940. The minimum absolute atomic E-state index is 0.301. The third kappa shape index (κ3) is 4.09. The Bertz CT molecular complexity index is 377. The molecule has 96 valence electrons. The fraction of sp³-hybridized carbons (Fsp3) is 0.583. The quantitative estimate of drug-likeness (QED) is 0.466. The van der Waals surface area contributed by atoms with Gasteiger partial charge in [-0.05, 0) is 24.7 Å². The van der Waals surface area contributed by atoms with Crippen molar-refractivity contribution in [2.45, 2.75) is 32.9 Å². The van der Waals surface area contributed by atoms with Gasteiger partial charge in [-0.25, -0.2) is 5.84 Å². The minimum atomic E-state index is -0.301. The number of nitrogens with two attached hydrogens (primary N) is 1. The Kier molecular flexibility index (Phi) is 5.58. The van der Waals surface area contributed by atoms with E-state index in [1.165, 1.54) is 6.42 Å². The molecule has 0 aliphatic heterocycles. The van der Waals surface area contributed by atoms with Crippen molar-refractivity contribution in [2.24, 2.45) is 11.8 Å². The van der Waals surface area contributed by atoms with Crippen LogP contribution < -0.4 is 11.3 Å². The molecule has 1 heterocycles. The largest absolute Gasteiger partial charge is 0.465 e. The van der Waals surface area contributed by atoms with Crippen molar-refractivity contribution in [1.82, 2.24) is 5.43 Å². The summed E-state index contributed by atoms with van der Waals surface area (Å²) >= 11 is 1.82. The Balaban J connectivity index is 2.53. The summed E-state index contributed by atoms with van der Waals surface area (Å²) in [4.78, 5) is 11.4. The molecule has 1 amide bonds. The van der Waals surface area contributed by atoms with Crippen molar-refractivity contribution < 1.29 is 9.21 Å². The number of hydrogen-bond donors (Lipinski definition) is 2. The number of hydrogen-bond acceptors (Lipinski definition) is 4. The number of furan rings is 1. The van der Waals surface area contributed by atoms with Crippen molar-refractivity contribution in [3.8, 4) is 0 Å². The second-order valence-corrected chi connectivity index (χ2v) is 5.21. The molecular weight excluding hydrogens is 236 g/mol. The molecule has 17 heavy (non-hydrogen) atoms. The predicted molar refractivity (Wildman–Crippen MR) is 70.7 cm³/mol. The normalized spacial score (nSPS) is 12.5. The van der Waals surface area contributed by atoms with Gasteiger partial charge in [0.25, 0.3) is 5.91 Å². The second kappa shape index (κ2) is 6.71. The smallest absolute Gasteiger partial charge is 0.268 e. The fourth-order valence-electron chi connectivity index (χ4n) is 1.40. The standard InChI is InChI=1S/C12H20N2O2S/c1-4-8(2)6-17-7-10-5-11(9(3)16-10)12(15)14-13/h5,8H,4,6-7,13H2,1-3H3,(H,14,15). The molecule has 1 aromatic heterocycles. The minimum Gasteiger partial charge on any atom is -0.465 e. The number of hydrazine groups is 1. The summed E-state index contributed by atoms with van der Waals surface area (Å²) < 4.78 is 5.52. The van der Waals surface area contributed by atoms with Crippen LogP contribution in [-0.2, 0) is 5.75 Å². The molecule has 0 aromatic carbocycles. The molecule has 0 radical (unpaired) electrons. The summed E-state index contributed by atoms with van der Waals surface area (Å²) in [6.07, 6.45) is 1.19. The molecule has 0 fully saturated rings. The highest BCUT2D eigenvalue weighted by Crippen LogP contribution is 2.21. The first-order valence-electron chi connectivity index (χ1n) is 5.76. The van der Waals surface area contributed by atoms with Gasteiger partial charge in [0.2, 0.25) is 0 Å². The molecule has 0 saturated heterocycles. The lowest BCUT2D eigenvalue weighted by atomic mass is 10.2. The Morgan fingerprint density at radius 3 is 2.94 bits per heavy atom. The van der Waals surface area contributed by atoms with Gasteiger partial charge in [0, 0.05) is 0 Å². The molecule has 1 atom stereocenters. The number of carbonyl (C=O) groups excluding carboxylic acids is 1. The third-order valence-electron chi connectivity index (χ3n) is 2.69. The number of carbonyl (C=O) groups is 1. The summed E-state index contributed by atoms with van der Waals surface area (Å²) in [5.74, 6) is 8.85. The van der Waals surface area contributed by atoms with Gasteiger partial charge in [-0.1, -0.05) is 20.3 Å². The highest BCUT2D eigenvalue weighted by atomic mass is 32.2. The highest BCUT2D eigenvalue weighted by Gasteiger charge is 2.13. The molecule has 0 bridgehead atoms. The first kappa shape index (κ1) is 14.1. The third-order valence-corrected chi connectivity index (χ3v) is 3.98. The average Bonchev–Trinajstić information content (AvgIpc) is 2.69. The van der Waals surface area contributed by atoms with Crippen molar-refractivity contribution in [3.05, 3.63) is 23.2 Å². The maximum Gasteiger partial charge on any atom is 0.268 e. The van der Waals surface area contributed by atoms with Crippen LogP contribution in [0.1, 0.15) is 42.1 Å². The summed E-state index contributed by atoms with van der Waals surface area (Å²) in [7, 11) is 0. The van der Waals surface area contributed by atoms with Crippen LogP contribution in [-0.4, -0.2) is 11.7 Å². The van der Waals surface area contributed by atoms with Crippen LogP contribution in [0.5, 0.6) is 0 Å². The van der Waals surface area contributed by atoms with Crippen LogP contribution in [0.25, 0.3) is 0 Å². The van der Waals surface area contributed by atoms with Crippen LogP contribution in [0.4, 0.5) is 0 Å². The monoisotopic (exact) mass is 256 g/mol. The van der Waals surface area contributed by atoms with Gasteiger partial charge in [0.05, 0.1) is 11.3 Å². The van der Waals surface area contributed by atoms with Crippen molar-refractivity contribution in [3.63, 3.8) is 0 Å². The van der Waals surface area contributed by atoms with Gasteiger partial charge < -0.3 is 4.42 Å². The van der Waals surface area contributed by atoms with Crippen LogP contribution in [0.15, 0.2) is 10.5 Å². The van der Waals surface area contributed by atoms with E-state index < -0.39 is 0 Å². The lowest BCUT2D eigenvalue weighted by Gasteiger charge is -2.05. The molecule has 1 rings (SSSR count). The van der Waals surface area contributed by atoms with E-state index in [1.807, 2.05) is 11.8 Å². The van der Waals surface area contributed by atoms with Crippen LogP contribution in [0.2, 0.25) is 0 Å². The topological polar surface area (TPSA) is 68.3 Å². The molecule has 3 N–H and O–H groups in total.